The van der Waals surface area contributed by atoms with Gasteiger partial charge in [-0.1, -0.05) is 24.3 Å². The molecule has 0 atom stereocenters. The zero-order chi connectivity index (χ0) is 24.2. The van der Waals surface area contributed by atoms with Crippen molar-refractivity contribution in [2.45, 2.75) is 51.7 Å². The first-order chi connectivity index (χ1) is 15.6. The van der Waals surface area contributed by atoms with Crippen LogP contribution >= 0.6 is 0 Å². The molecule has 0 saturated carbocycles. The van der Waals surface area contributed by atoms with Crippen LogP contribution in [0, 0.1) is 0 Å². The minimum Gasteiger partial charge on any atom is -0.504 e. The third-order valence-corrected chi connectivity index (χ3v) is 5.56. The number of phenolic OH excluding ortho intramolecular Hbond substituents is 2. The Kier molecular flexibility index (Phi) is 7.36. The summed E-state index contributed by atoms with van der Waals surface area (Å²) in [4.78, 5) is 26.6. The van der Waals surface area contributed by atoms with Crippen LogP contribution in [0.3, 0.4) is 0 Å². The Morgan fingerprint density at radius 3 is 2.45 bits per heavy atom. The molecule has 2 aromatic rings. The van der Waals surface area contributed by atoms with Gasteiger partial charge in [-0.15, -0.1) is 0 Å². The number of aromatic hydroxyl groups is 2. The van der Waals surface area contributed by atoms with Crippen molar-refractivity contribution >= 4 is 12.0 Å². The second-order valence-corrected chi connectivity index (χ2v) is 9.21. The van der Waals surface area contributed by atoms with Crippen LogP contribution in [0.15, 0.2) is 36.4 Å². The van der Waals surface area contributed by atoms with Gasteiger partial charge in [0.05, 0.1) is 7.11 Å². The van der Waals surface area contributed by atoms with Gasteiger partial charge in [0.2, 0.25) is 5.75 Å². The van der Waals surface area contributed by atoms with Crippen molar-refractivity contribution < 1.29 is 29.3 Å². The van der Waals surface area contributed by atoms with Gasteiger partial charge >= 0.3 is 6.09 Å². The van der Waals surface area contributed by atoms with Crippen LogP contribution in [0.4, 0.5) is 4.79 Å². The van der Waals surface area contributed by atoms with Gasteiger partial charge in [0.15, 0.2) is 11.5 Å². The molecule has 2 amide bonds. The fourth-order valence-corrected chi connectivity index (χ4v) is 3.92. The second kappa shape index (κ2) is 10.0. The number of alkyl carbamates (subject to hydrolysis) is 1. The summed E-state index contributed by atoms with van der Waals surface area (Å²) >= 11 is 0. The maximum Gasteiger partial charge on any atom is 0.407 e. The molecule has 33 heavy (non-hydrogen) atoms. The number of likely N-dealkylation sites (tertiary alicyclic amines) is 1. The van der Waals surface area contributed by atoms with E-state index in [0.29, 0.717) is 25.6 Å². The van der Waals surface area contributed by atoms with E-state index in [2.05, 4.69) is 17.4 Å². The lowest BCUT2D eigenvalue weighted by Gasteiger charge is -2.32. The van der Waals surface area contributed by atoms with E-state index in [1.54, 1.807) is 4.90 Å². The number of nitrogens with zero attached hydrogens (tertiary/aromatic N) is 1. The summed E-state index contributed by atoms with van der Waals surface area (Å²) in [5, 5.41) is 22.4. The van der Waals surface area contributed by atoms with Gasteiger partial charge in [0.1, 0.15) is 5.60 Å². The van der Waals surface area contributed by atoms with Crippen LogP contribution < -0.4 is 10.1 Å². The first-order valence-corrected chi connectivity index (χ1v) is 11.0. The lowest BCUT2D eigenvalue weighted by Crippen LogP contribution is -2.38. The van der Waals surface area contributed by atoms with Crippen molar-refractivity contribution in [2.24, 2.45) is 0 Å². The fraction of sp³-hybridized carbons (Fsp3) is 0.440. The summed E-state index contributed by atoms with van der Waals surface area (Å²) in [7, 11) is 1.37. The van der Waals surface area contributed by atoms with Gasteiger partial charge in [-0.2, -0.15) is 0 Å². The van der Waals surface area contributed by atoms with E-state index in [1.807, 2.05) is 32.9 Å². The Hall–Kier alpha value is -3.42. The number of methoxy groups -OCH3 is 1. The highest BCUT2D eigenvalue weighted by Crippen LogP contribution is 2.37. The number of hydrogen-bond acceptors (Lipinski definition) is 6. The monoisotopic (exact) mass is 456 g/mol. The summed E-state index contributed by atoms with van der Waals surface area (Å²) in [6.07, 6.45) is 1.16. The van der Waals surface area contributed by atoms with Crippen molar-refractivity contribution in [1.29, 1.82) is 0 Å². The highest BCUT2D eigenvalue weighted by molar-refractivity contribution is 5.95. The maximum atomic E-state index is 12.9. The molecule has 2 aromatic carbocycles. The number of piperidine rings is 1. The minimum absolute atomic E-state index is 0.0602. The van der Waals surface area contributed by atoms with Crippen molar-refractivity contribution in [3.8, 4) is 17.2 Å². The largest absolute Gasteiger partial charge is 0.504 e. The number of rotatable bonds is 5. The predicted octanol–water partition coefficient (Wildman–Crippen LogP) is 4.15. The summed E-state index contributed by atoms with van der Waals surface area (Å²) in [6.45, 7) is 7.01. The summed E-state index contributed by atoms with van der Waals surface area (Å²) in [6, 6.07) is 10.8. The highest BCUT2D eigenvalue weighted by Gasteiger charge is 2.26. The molecule has 1 aliphatic heterocycles. The van der Waals surface area contributed by atoms with Gasteiger partial charge in [-0.3, -0.25) is 4.79 Å². The first-order valence-electron chi connectivity index (χ1n) is 11.0. The Morgan fingerprint density at radius 2 is 1.82 bits per heavy atom. The molecule has 1 fully saturated rings. The second-order valence-electron chi connectivity index (χ2n) is 9.21. The average Bonchev–Trinajstić information content (AvgIpc) is 2.78. The molecule has 0 radical (unpaired) electrons. The third kappa shape index (κ3) is 6.31. The Labute approximate surface area is 194 Å². The molecule has 8 nitrogen and oxygen atoms in total. The number of hydrogen-bond donors (Lipinski definition) is 3. The summed E-state index contributed by atoms with van der Waals surface area (Å²) < 4.78 is 10.3. The van der Waals surface area contributed by atoms with Crippen LogP contribution in [0.1, 0.15) is 61.0 Å². The van der Waals surface area contributed by atoms with E-state index < -0.39 is 11.7 Å². The van der Waals surface area contributed by atoms with Gasteiger partial charge < -0.3 is 29.9 Å². The smallest absolute Gasteiger partial charge is 0.407 e. The van der Waals surface area contributed by atoms with Crippen molar-refractivity contribution in [2.75, 3.05) is 20.2 Å². The van der Waals surface area contributed by atoms with Crippen molar-refractivity contribution in [3.63, 3.8) is 0 Å². The summed E-state index contributed by atoms with van der Waals surface area (Å²) in [5.74, 6) is -0.612. The van der Waals surface area contributed by atoms with E-state index in [-0.39, 0.29) is 28.7 Å². The molecular weight excluding hydrogens is 424 g/mol. The number of carbonyl (C=O) groups excluding carboxylic acids is 2. The Balaban J connectivity index is 1.59. The molecule has 178 valence electrons. The lowest BCUT2D eigenvalue weighted by molar-refractivity contribution is 0.0523. The molecule has 0 aliphatic carbocycles. The van der Waals surface area contributed by atoms with Crippen LogP contribution in [0.25, 0.3) is 0 Å². The molecule has 0 unspecified atom stereocenters. The molecule has 1 saturated heterocycles. The first kappa shape index (κ1) is 24.2. The van der Waals surface area contributed by atoms with Gasteiger partial charge in [-0.05, 0) is 62.8 Å². The minimum atomic E-state index is -0.540. The SMILES string of the molecule is COc1cc(C(=O)N2CCC(c3cccc(CNC(=O)OC(C)(C)C)c3)CC2)cc(O)c1O. The van der Waals surface area contributed by atoms with Crippen molar-refractivity contribution in [3.05, 3.63) is 53.1 Å². The molecule has 0 spiro atoms. The maximum absolute atomic E-state index is 12.9. The number of ether oxygens (including phenoxy) is 2. The molecule has 0 aromatic heterocycles. The quantitative estimate of drug-likeness (QED) is 0.584. The highest BCUT2D eigenvalue weighted by atomic mass is 16.6. The van der Waals surface area contributed by atoms with E-state index in [1.165, 1.54) is 24.8 Å². The van der Waals surface area contributed by atoms with Gasteiger partial charge in [0, 0.05) is 25.2 Å². The standard InChI is InChI=1S/C25H32N2O6/c1-25(2,3)33-24(31)26-15-16-6-5-7-18(12-16)17-8-10-27(11-9-17)23(30)19-13-20(28)22(29)21(14-19)32-4/h5-7,12-14,17,28-29H,8-11,15H2,1-4H3,(H,26,31). The van der Waals surface area contributed by atoms with E-state index >= 15 is 0 Å². The van der Waals surface area contributed by atoms with E-state index in [9.17, 15) is 19.8 Å². The topological polar surface area (TPSA) is 108 Å². The van der Waals surface area contributed by atoms with Crippen molar-refractivity contribution in [1.82, 2.24) is 10.2 Å². The zero-order valence-corrected chi connectivity index (χ0v) is 19.6. The average molecular weight is 457 g/mol. The Morgan fingerprint density at radius 1 is 1.12 bits per heavy atom. The number of nitrogens with one attached hydrogen (secondary N) is 1. The number of carbonyl (C=O) groups is 2. The molecule has 8 heteroatoms. The predicted molar refractivity (Wildman–Crippen MR) is 124 cm³/mol. The van der Waals surface area contributed by atoms with Crippen LogP contribution in [0.2, 0.25) is 0 Å². The molecule has 1 aliphatic rings. The molecule has 3 rings (SSSR count). The van der Waals surface area contributed by atoms with E-state index in [4.69, 9.17) is 9.47 Å². The summed E-state index contributed by atoms with van der Waals surface area (Å²) in [5.41, 5.74) is 1.90. The van der Waals surface area contributed by atoms with Gasteiger partial charge in [0.25, 0.3) is 5.91 Å². The normalized spacial score (nSPS) is 14.6. The zero-order valence-electron chi connectivity index (χ0n) is 19.6. The molecular formula is C25H32N2O6. The fourth-order valence-electron chi connectivity index (χ4n) is 3.92. The Bertz CT molecular complexity index is 1010. The van der Waals surface area contributed by atoms with Crippen LogP contribution in [0.5, 0.6) is 17.2 Å². The number of amides is 2. The molecule has 1 heterocycles. The number of phenols is 2. The molecule has 3 N–H and O–H groups in total. The van der Waals surface area contributed by atoms with Crippen LogP contribution in [-0.4, -0.2) is 52.9 Å². The van der Waals surface area contributed by atoms with E-state index in [0.717, 1.165) is 18.4 Å². The molecule has 0 bridgehead atoms. The third-order valence-electron chi connectivity index (χ3n) is 5.56. The number of benzene rings is 2. The van der Waals surface area contributed by atoms with Crippen LogP contribution in [-0.2, 0) is 11.3 Å². The lowest BCUT2D eigenvalue weighted by atomic mass is 9.88. The van der Waals surface area contributed by atoms with Gasteiger partial charge in [-0.25, -0.2) is 4.79 Å².